The van der Waals surface area contributed by atoms with Crippen LogP contribution in [0.5, 0.6) is 0 Å². The summed E-state index contributed by atoms with van der Waals surface area (Å²) in [5, 5.41) is 0. The number of amides is 1. The van der Waals surface area contributed by atoms with E-state index in [9.17, 15) is 9.18 Å². The van der Waals surface area contributed by atoms with E-state index in [4.69, 9.17) is 4.74 Å². The van der Waals surface area contributed by atoms with Gasteiger partial charge < -0.3 is 14.6 Å². The van der Waals surface area contributed by atoms with Crippen LogP contribution in [-0.4, -0.2) is 39.1 Å². The second-order valence-electron chi connectivity index (χ2n) is 7.42. The zero-order chi connectivity index (χ0) is 18.0. The molecule has 1 amide bonds. The highest BCUT2D eigenvalue weighted by Crippen LogP contribution is 2.24. The lowest BCUT2D eigenvalue weighted by Gasteiger charge is -2.28. The van der Waals surface area contributed by atoms with Crippen molar-refractivity contribution in [1.29, 1.82) is 0 Å². The largest absolute Gasteiger partial charge is 0.444 e. The molecular formula is C19H24FN3O2. The lowest BCUT2D eigenvalue weighted by molar-refractivity contribution is 0.0225. The van der Waals surface area contributed by atoms with Crippen LogP contribution in [0.3, 0.4) is 0 Å². The van der Waals surface area contributed by atoms with E-state index in [0.29, 0.717) is 13.0 Å². The Balaban J connectivity index is 1.67. The number of H-pyrrole nitrogens is 1. The summed E-state index contributed by atoms with van der Waals surface area (Å²) in [4.78, 5) is 21.8. The third-order valence-electron chi connectivity index (χ3n) is 4.22. The number of nitrogens with one attached hydrogen (secondary N) is 1. The fourth-order valence-corrected chi connectivity index (χ4v) is 3.07. The highest BCUT2D eigenvalue weighted by molar-refractivity contribution is 5.69. The maximum Gasteiger partial charge on any atom is 0.410 e. The molecule has 1 aliphatic heterocycles. The van der Waals surface area contributed by atoms with Gasteiger partial charge >= 0.3 is 6.09 Å². The number of benzene rings is 1. The van der Waals surface area contributed by atoms with Gasteiger partial charge in [-0.2, -0.15) is 0 Å². The summed E-state index contributed by atoms with van der Waals surface area (Å²) < 4.78 is 18.5. The average molecular weight is 345 g/mol. The Morgan fingerprint density at radius 2 is 2.08 bits per heavy atom. The summed E-state index contributed by atoms with van der Waals surface area (Å²) in [5.74, 6) is 0.558. The summed E-state index contributed by atoms with van der Waals surface area (Å²) in [6.07, 6.45) is 4.04. The number of aromatic nitrogens is 2. The molecule has 0 radical (unpaired) electrons. The zero-order valence-corrected chi connectivity index (χ0v) is 14.9. The van der Waals surface area contributed by atoms with Crippen molar-refractivity contribution in [3.63, 3.8) is 0 Å². The Labute approximate surface area is 147 Å². The Morgan fingerprint density at radius 3 is 2.76 bits per heavy atom. The second-order valence-corrected chi connectivity index (χ2v) is 7.42. The van der Waals surface area contributed by atoms with Gasteiger partial charge in [0.2, 0.25) is 0 Å². The summed E-state index contributed by atoms with van der Waals surface area (Å²) in [5.41, 5.74) is 1.23. The summed E-state index contributed by atoms with van der Waals surface area (Å²) in [6.45, 7) is 6.33. The fourth-order valence-electron chi connectivity index (χ4n) is 3.07. The molecule has 1 saturated heterocycles. The molecule has 1 aromatic heterocycles. The minimum Gasteiger partial charge on any atom is -0.444 e. The maximum atomic E-state index is 13.0. The average Bonchev–Trinajstić information content (AvgIpc) is 3.16. The van der Waals surface area contributed by atoms with Gasteiger partial charge in [0.05, 0.1) is 11.9 Å². The van der Waals surface area contributed by atoms with Crippen LogP contribution in [0.2, 0.25) is 0 Å². The Hall–Kier alpha value is -2.37. The van der Waals surface area contributed by atoms with Gasteiger partial charge in [-0.15, -0.1) is 0 Å². The summed E-state index contributed by atoms with van der Waals surface area (Å²) in [6, 6.07) is 6.38. The molecule has 0 spiro atoms. The molecule has 1 atom stereocenters. The quantitative estimate of drug-likeness (QED) is 0.909. The zero-order valence-electron chi connectivity index (χ0n) is 14.9. The van der Waals surface area contributed by atoms with Crippen molar-refractivity contribution in [2.24, 2.45) is 0 Å². The lowest BCUT2D eigenvalue weighted by Crippen LogP contribution is -2.40. The highest BCUT2D eigenvalue weighted by Gasteiger charge is 2.32. The number of hydrogen-bond donors (Lipinski definition) is 1. The van der Waals surface area contributed by atoms with Gasteiger partial charge in [0.15, 0.2) is 0 Å². The highest BCUT2D eigenvalue weighted by atomic mass is 19.1. The number of imidazole rings is 1. The first-order valence-electron chi connectivity index (χ1n) is 8.61. The van der Waals surface area contributed by atoms with E-state index in [1.165, 1.54) is 12.1 Å². The number of carbonyl (C=O) groups excluding carboxylic acids is 1. The number of rotatable bonds is 3. The molecular weight excluding hydrogens is 321 g/mol. The topological polar surface area (TPSA) is 58.2 Å². The first-order chi connectivity index (χ1) is 11.8. The molecule has 1 aromatic carbocycles. The summed E-state index contributed by atoms with van der Waals surface area (Å²) >= 11 is 0. The third kappa shape index (κ3) is 4.38. The number of halogens is 1. The standard InChI is InChI=1S/C19H24FN3O2/c1-19(2,3)25-18(24)23-10-4-5-15(23)11-17-21-12-16(22-17)13-6-8-14(20)9-7-13/h6-9,12,15H,4-5,10-11H2,1-3H3,(H,21,22)/t15-/m0/s1. The molecule has 0 saturated carbocycles. The predicted octanol–water partition coefficient (Wildman–Crippen LogP) is 4.16. The molecule has 0 aliphatic carbocycles. The van der Waals surface area contributed by atoms with Crippen molar-refractivity contribution >= 4 is 6.09 Å². The van der Waals surface area contributed by atoms with Crippen molar-refractivity contribution in [2.75, 3.05) is 6.54 Å². The number of aromatic amines is 1. The van der Waals surface area contributed by atoms with E-state index in [1.54, 1.807) is 23.2 Å². The molecule has 134 valence electrons. The van der Waals surface area contributed by atoms with Crippen LogP contribution in [0.25, 0.3) is 11.3 Å². The van der Waals surface area contributed by atoms with Crippen LogP contribution in [0.15, 0.2) is 30.5 Å². The van der Waals surface area contributed by atoms with Crippen LogP contribution in [0.1, 0.15) is 39.4 Å². The van der Waals surface area contributed by atoms with Crippen molar-refractivity contribution in [3.05, 3.63) is 42.1 Å². The van der Waals surface area contributed by atoms with Crippen LogP contribution < -0.4 is 0 Å². The number of hydrogen-bond acceptors (Lipinski definition) is 3. The second kappa shape index (κ2) is 6.86. The fraction of sp³-hybridized carbons (Fsp3) is 0.474. The number of ether oxygens (including phenoxy) is 1. The van der Waals surface area contributed by atoms with E-state index in [2.05, 4.69) is 9.97 Å². The van der Waals surface area contributed by atoms with Crippen molar-refractivity contribution < 1.29 is 13.9 Å². The Bertz CT molecular complexity index is 734. The van der Waals surface area contributed by atoms with E-state index in [0.717, 1.165) is 29.9 Å². The molecule has 2 heterocycles. The van der Waals surface area contributed by atoms with Gasteiger partial charge in [-0.1, -0.05) is 0 Å². The molecule has 0 unspecified atom stereocenters. The van der Waals surface area contributed by atoms with E-state index >= 15 is 0 Å². The maximum absolute atomic E-state index is 13.0. The SMILES string of the molecule is CC(C)(C)OC(=O)N1CCC[C@H]1Cc1ncc(-c2ccc(F)cc2)[nH]1. The number of nitrogens with zero attached hydrogens (tertiary/aromatic N) is 2. The predicted molar refractivity (Wildman–Crippen MR) is 93.6 cm³/mol. The smallest absolute Gasteiger partial charge is 0.410 e. The summed E-state index contributed by atoms with van der Waals surface area (Å²) in [7, 11) is 0. The Kier molecular flexibility index (Phi) is 4.79. The third-order valence-corrected chi connectivity index (χ3v) is 4.22. The molecule has 3 rings (SSSR count). The Morgan fingerprint density at radius 1 is 1.36 bits per heavy atom. The molecule has 6 heteroatoms. The molecule has 25 heavy (non-hydrogen) atoms. The minimum atomic E-state index is -0.495. The molecule has 1 fully saturated rings. The van der Waals surface area contributed by atoms with Crippen molar-refractivity contribution in [2.45, 2.75) is 51.7 Å². The monoisotopic (exact) mass is 345 g/mol. The van der Waals surface area contributed by atoms with Crippen LogP contribution in [0.4, 0.5) is 9.18 Å². The van der Waals surface area contributed by atoms with Crippen molar-refractivity contribution in [1.82, 2.24) is 14.9 Å². The van der Waals surface area contributed by atoms with Gasteiger partial charge in [0, 0.05) is 19.0 Å². The minimum absolute atomic E-state index is 0.0852. The molecule has 5 nitrogen and oxygen atoms in total. The molecule has 2 aromatic rings. The van der Waals surface area contributed by atoms with Gasteiger partial charge in [-0.3, -0.25) is 0 Å². The number of carbonyl (C=O) groups is 1. The van der Waals surface area contributed by atoms with Crippen LogP contribution in [0, 0.1) is 5.82 Å². The van der Waals surface area contributed by atoms with Crippen LogP contribution in [-0.2, 0) is 11.2 Å². The van der Waals surface area contributed by atoms with E-state index in [1.807, 2.05) is 20.8 Å². The lowest BCUT2D eigenvalue weighted by atomic mass is 10.1. The first-order valence-corrected chi connectivity index (χ1v) is 8.61. The van der Waals surface area contributed by atoms with E-state index in [-0.39, 0.29) is 18.0 Å². The molecule has 1 N–H and O–H groups in total. The molecule has 0 bridgehead atoms. The number of likely N-dealkylation sites (tertiary alicyclic amines) is 1. The van der Waals surface area contributed by atoms with Gasteiger partial charge in [0.1, 0.15) is 17.2 Å². The van der Waals surface area contributed by atoms with E-state index < -0.39 is 5.60 Å². The molecule has 1 aliphatic rings. The van der Waals surface area contributed by atoms with Gasteiger partial charge in [-0.05, 0) is 63.4 Å². The van der Waals surface area contributed by atoms with Crippen LogP contribution >= 0.6 is 0 Å². The van der Waals surface area contributed by atoms with Gasteiger partial charge in [-0.25, -0.2) is 14.2 Å². The van der Waals surface area contributed by atoms with Crippen molar-refractivity contribution in [3.8, 4) is 11.3 Å². The first kappa shape index (κ1) is 17.5. The normalized spacial score (nSPS) is 17.8. The van der Waals surface area contributed by atoms with Gasteiger partial charge in [0.25, 0.3) is 0 Å².